The second kappa shape index (κ2) is 5.79. The Balaban J connectivity index is 2.00. The maximum absolute atomic E-state index is 12.8. The van der Waals surface area contributed by atoms with Crippen LogP contribution in [0.3, 0.4) is 0 Å². The smallest absolute Gasteiger partial charge is 0.234 e. The quantitative estimate of drug-likeness (QED) is 0.491. The van der Waals surface area contributed by atoms with Gasteiger partial charge < -0.3 is 15.7 Å². The third-order valence-corrected chi connectivity index (χ3v) is 5.12. The van der Waals surface area contributed by atoms with Gasteiger partial charge in [-0.1, -0.05) is 40.2 Å². The highest BCUT2D eigenvalue weighted by atomic mass is 79.9. The van der Waals surface area contributed by atoms with E-state index in [-0.39, 0.29) is 5.75 Å². The van der Waals surface area contributed by atoms with Crippen molar-refractivity contribution in [1.29, 1.82) is 0 Å². The number of carbonyl (C=O) groups is 2. The van der Waals surface area contributed by atoms with Gasteiger partial charge in [0.05, 0.1) is 17.3 Å². The molecule has 2 aromatic carbocycles. The first-order chi connectivity index (χ1) is 12.0. The Labute approximate surface area is 156 Å². The predicted octanol–water partition coefficient (Wildman–Crippen LogP) is 2.85. The molecule has 4 rings (SSSR count). The molecule has 5 nitrogen and oxygen atoms in total. The van der Waals surface area contributed by atoms with Gasteiger partial charge in [-0.3, -0.25) is 9.59 Å². The van der Waals surface area contributed by atoms with E-state index in [4.69, 9.17) is 12.2 Å². The molecule has 0 aromatic heterocycles. The molecular weight excluding hydrogens is 404 g/mol. The molecule has 1 aliphatic carbocycles. The Morgan fingerprint density at radius 3 is 2.60 bits per heavy atom. The Kier molecular flexibility index (Phi) is 3.70. The monoisotopic (exact) mass is 414 g/mol. The topological polar surface area (TPSA) is 78.4 Å². The number of ketones is 2. The lowest BCUT2D eigenvalue weighted by atomic mass is 9.81. The molecule has 0 radical (unpaired) electrons. The zero-order chi connectivity index (χ0) is 17.7. The Bertz CT molecular complexity index is 1000. The number of aromatic hydroxyl groups is 1. The molecule has 1 unspecified atom stereocenters. The Morgan fingerprint density at radius 1 is 1.08 bits per heavy atom. The van der Waals surface area contributed by atoms with E-state index < -0.39 is 17.6 Å². The van der Waals surface area contributed by atoms with Gasteiger partial charge in [-0.05, 0) is 36.0 Å². The normalized spacial score (nSPS) is 19.1. The van der Waals surface area contributed by atoms with E-state index in [1.807, 2.05) is 6.07 Å². The highest BCUT2D eigenvalue weighted by Crippen LogP contribution is 2.40. The van der Waals surface area contributed by atoms with Crippen LogP contribution < -0.4 is 10.6 Å². The fourth-order valence-electron chi connectivity index (χ4n) is 3.17. The molecule has 1 aliphatic heterocycles. The summed E-state index contributed by atoms with van der Waals surface area (Å²) in [6, 6.07) is 11.1. The van der Waals surface area contributed by atoms with Crippen LogP contribution in [0, 0.1) is 0 Å². The van der Waals surface area contributed by atoms with E-state index in [1.165, 1.54) is 6.07 Å². The summed E-state index contributed by atoms with van der Waals surface area (Å²) in [5, 5.41) is 16.2. The summed E-state index contributed by atoms with van der Waals surface area (Å²) in [5.41, 5.74) is 2.42. The number of phenols is 1. The van der Waals surface area contributed by atoms with E-state index in [2.05, 4.69) is 26.6 Å². The van der Waals surface area contributed by atoms with Crippen LogP contribution in [0.5, 0.6) is 5.75 Å². The summed E-state index contributed by atoms with van der Waals surface area (Å²) in [6.45, 7) is 0. The van der Waals surface area contributed by atoms with Gasteiger partial charge in [-0.15, -0.1) is 0 Å². The molecule has 0 bridgehead atoms. The predicted molar refractivity (Wildman–Crippen MR) is 100 cm³/mol. The first kappa shape index (κ1) is 16.0. The van der Waals surface area contributed by atoms with Crippen LogP contribution in [0.25, 0.3) is 5.70 Å². The number of fused-ring (bicyclic) bond motifs is 2. The molecule has 0 saturated heterocycles. The lowest BCUT2D eigenvalue weighted by molar-refractivity contribution is -0.112. The lowest BCUT2D eigenvalue weighted by Crippen LogP contribution is -2.47. The van der Waals surface area contributed by atoms with E-state index >= 15 is 0 Å². The van der Waals surface area contributed by atoms with Crippen LogP contribution in [0.1, 0.15) is 27.5 Å². The first-order valence-electron chi connectivity index (χ1n) is 7.46. The van der Waals surface area contributed by atoms with Gasteiger partial charge in [0.15, 0.2) is 5.11 Å². The number of thiocarbonyl (C=S) groups is 1. The highest BCUT2D eigenvalue weighted by molar-refractivity contribution is 9.10. The SMILES string of the molecule is O=C1C(=O)c2cccc(Br)c2C2=C1C(c1cccc(O)c1)NC(=S)N2. The first-order valence-corrected chi connectivity index (χ1v) is 8.66. The number of nitrogens with one attached hydrogen (secondary N) is 2. The molecule has 1 atom stereocenters. The van der Waals surface area contributed by atoms with Crippen LogP contribution >= 0.6 is 28.1 Å². The summed E-state index contributed by atoms with van der Waals surface area (Å²) in [4.78, 5) is 25.4. The van der Waals surface area contributed by atoms with Crippen molar-refractivity contribution >= 4 is 50.5 Å². The summed E-state index contributed by atoms with van der Waals surface area (Å²) in [6.07, 6.45) is 0. The molecule has 0 spiro atoms. The Hall–Kier alpha value is -2.51. The number of halogens is 1. The minimum absolute atomic E-state index is 0.0714. The molecule has 1 heterocycles. The van der Waals surface area contributed by atoms with Crippen molar-refractivity contribution in [1.82, 2.24) is 10.6 Å². The lowest BCUT2D eigenvalue weighted by Gasteiger charge is -2.34. The van der Waals surface area contributed by atoms with Crippen molar-refractivity contribution in [2.75, 3.05) is 0 Å². The van der Waals surface area contributed by atoms with Gasteiger partial charge in [0.2, 0.25) is 11.6 Å². The van der Waals surface area contributed by atoms with Crippen molar-refractivity contribution < 1.29 is 14.7 Å². The summed E-state index contributed by atoms with van der Waals surface area (Å²) >= 11 is 8.75. The van der Waals surface area contributed by atoms with E-state index in [0.717, 1.165) is 0 Å². The molecule has 2 aromatic rings. The van der Waals surface area contributed by atoms with Crippen molar-refractivity contribution in [2.24, 2.45) is 0 Å². The highest BCUT2D eigenvalue weighted by Gasteiger charge is 2.41. The fourth-order valence-corrected chi connectivity index (χ4v) is 3.96. The van der Waals surface area contributed by atoms with Crippen molar-refractivity contribution in [3.63, 3.8) is 0 Å². The van der Waals surface area contributed by atoms with Crippen LogP contribution in [-0.2, 0) is 4.79 Å². The van der Waals surface area contributed by atoms with Crippen molar-refractivity contribution in [3.8, 4) is 5.75 Å². The van der Waals surface area contributed by atoms with Crippen LogP contribution in [0.15, 0.2) is 52.5 Å². The number of carbonyl (C=O) groups excluding carboxylic acids is 2. The number of benzene rings is 2. The largest absolute Gasteiger partial charge is 0.508 e. The second-order valence-corrected chi connectivity index (χ2v) is 7.00. The van der Waals surface area contributed by atoms with Crippen LogP contribution in [0.2, 0.25) is 0 Å². The second-order valence-electron chi connectivity index (χ2n) is 5.74. The van der Waals surface area contributed by atoms with Crippen molar-refractivity contribution in [2.45, 2.75) is 6.04 Å². The molecule has 0 saturated carbocycles. The average Bonchev–Trinajstić information content (AvgIpc) is 2.58. The molecule has 0 fully saturated rings. The minimum atomic E-state index is -0.618. The number of Topliss-reactive ketones (excluding diaryl/α,β-unsaturated/α-hetero) is 2. The van der Waals surface area contributed by atoms with Gasteiger partial charge in [0.1, 0.15) is 5.75 Å². The van der Waals surface area contributed by atoms with Gasteiger partial charge in [0, 0.05) is 15.6 Å². The molecule has 3 N–H and O–H groups in total. The van der Waals surface area contributed by atoms with E-state index in [0.29, 0.717) is 37.5 Å². The third kappa shape index (κ3) is 2.47. The van der Waals surface area contributed by atoms with Gasteiger partial charge >= 0.3 is 0 Å². The summed E-state index contributed by atoms with van der Waals surface area (Å²) in [7, 11) is 0. The zero-order valence-electron chi connectivity index (χ0n) is 12.7. The molecule has 0 amide bonds. The molecule has 124 valence electrons. The zero-order valence-corrected chi connectivity index (χ0v) is 15.1. The number of hydrogen-bond donors (Lipinski definition) is 3. The molecule has 2 aliphatic rings. The van der Waals surface area contributed by atoms with E-state index in [1.54, 1.807) is 30.3 Å². The average molecular weight is 415 g/mol. The molecule has 7 heteroatoms. The van der Waals surface area contributed by atoms with Crippen molar-refractivity contribution in [3.05, 3.63) is 69.2 Å². The molecule has 25 heavy (non-hydrogen) atoms. The van der Waals surface area contributed by atoms with Gasteiger partial charge in [-0.2, -0.15) is 0 Å². The third-order valence-electron chi connectivity index (χ3n) is 4.23. The number of hydrogen-bond acceptors (Lipinski definition) is 4. The standard InChI is InChI=1S/C18H11BrN2O3S/c19-11-6-2-5-10-12(11)15-13(17(24)16(10)23)14(20-18(25)21-15)8-3-1-4-9(22)7-8/h1-7,14,22H,(H2,20,21,25). The molecular formula is C18H11BrN2O3S. The number of rotatable bonds is 1. The summed E-state index contributed by atoms with van der Waals surface area (Å²) in [5.74, 6) is -1.07. The Morgan fingerprint density at radius 2 is 1.84 bits per heavy atom. The van der Waals surface area contributed by atoms with Crippen LogP contribution in [0.4, 0.5) is 0 Å². The maximum atomic E-state index is 12.8. The number of phenolic OH excluding ortho intramolecular Hbond substituents is 1. The van der Waals surface area contributed by atoms with E-state index in [9.17, 15) is 14.7 Å². The maximum Gasteiger partial charge on any atom is 0.234 e. The van der Waals surface area contributed by atoms with Crippen LogP contribution in [-0.4, -0.2) is 21.8 Å². The van der Waals surface area contributed by atoms with Gasteiger partial charge in [0.25, 0.3) is 0 Å². The minimum Gasteiger partial charge on any atom is -0.508 e. The summed E-state index contributed by atoms with van der Waals surface area (Å²) < 4.78 is 0.699. The fraction of sp³-hybridized carbons (Fsp3) is 0.0556. The van der Waals surface area contributed by atoms with Gasteiger partial charge in [-0.25, -0.2) is 0 Å².